The molecule has 0 aromatic carbocycles. The van der Waals surface area contributed by atoms with Crippen molar-refractivity contribution in [3.8, 4) is 0 Å². The summed E-state index contributed by atoms with van der Waals surface area (Å²) in [6.07, 6.45) is 0. The van der Waals surface area contributed by atoms with Crippen LogP contribution in [0.25, 0.3) is 0 Å². The van der Waals surface area contributed by atoms with Crippen LogP contribution in [0.15, 0.2) is 16.9 Å². The van der Waals surface area contributed by atoms with Crippen molar-refractivity contribution in [2.45, 2.75) is 32.5 Å². The van der Waals surface area contributed by atoms with E-state index in [1.165, 1.54) is 30.9 Å². The Hall–Kier alpha value is -1.24. The van der Waals surface area contributed by atoms with Crippen molar-refractivity contribution < 1.29 is 0 Å². The van der Waals surface area contributed by atoms with Gasteiger partial charge in [-0.15, -0.1) is 0 Å². The number of aryl methyl sites for hydroxylation is 1. The summed E-state index contributed by atoms with van der Waals surface area (Å²) in [4.78, 5) is 18.9. The maximum atomic E-state index is 11.3. The summed E-state index contributed by atoms with van der Waals surface area (Å²) in [7, 11) is 1.71. The molecule has 1 aromatic heterocycles. The molecule has 22 heavy (non-hydrogen) atoms. The number of hydrogen-bond donors (Lipinski definition) is 0. The molecular formula is C16H27N5O. The lowest BCUT2D eigenvalue weighted by Crippen LogP contribution is -2.63. The van der Waals surface area contributed by atoms with Gasteiger partial charge in [0, 0.05) is 71.0 Å². The largest absolute Gasteiger partial charge is 0.298 e. The molecule has 0 spiro atoms. The SMILES string of the molecule is CC(C)N1CCN(C2CN(Cc3ccc(=O)n(C)n3)C2)CC1. The fraction of sp³-hybridized carbons (Fsp3) is 0.750. The molecule has 0 bridgehead atoms. The van der Waals surface area contributed by atoms with Crippen LogP contribution >= 0.6 is 0 Å². The first-order chi connectivity index (χ1) is 10.5. The quantitative estimate of drug-likeness (QED) is 0.783. The number of rotatable bonds is 4. The smallest absolute Gasteiger partial charge is 0.266 e. The fourth-order valence-corrected chi connectivity index (χ4v) is 3.39. The monoisotopic (exact) mass is 305 g/mol. The molecule has 2 aliphatic rings. The molecule has 1 aromatic rings. The highest BCUT2D eigenvalue weighted by molar-refractivity contribution is 5.02. The average Bonchev–Trinajstić information content (AvgIpc) is 2.46. The van der Waals surface area contributed by atoms with Gasteiger partial charge in [-0.2, -0.15) is 5.10 Å². The molecule has 0 amide bonds. The van der Waals surface area contributed by atoms with Gasteiger partial charge in [0.2, 0.25) is 0 Å². The van der Waals surface area contributed by atoms with E-state index in [4.69, 9.17) is 0 Å². The van der Waals surface area contributed by atoms with Gasteiger partial charge < -0.3 is 0 Å². The Bertz CT molecular complexity index is 556. The Labute approximate surface area is 132 Å². The number of piperazine rings is 1. The van der Waals surface area contributed by atoms with Crippen LogP contribution in [0.1, 0.15) is 19.5 Å². The van der Waals surface area contributed by atoms with E-state index in [1.54, 1.807) is 13.1 Å². The lowest BCUT2D eigenvalue weighted by atomic mass is 10.1. The van der Waals surface area contributed by atoms with Crippen molar-refractivity contribution >= 4 is 0 Å². The van der Waals surface area contributed by atoms with E-state index in [-0.39, 0.29) is 5.56 Å². The first kappa shape index (κ1) is 15.6. The summed E-state index contributed by atoms with van der Waals surface area (Å²) in [5, 5.41) is 4.30. The van der Waals surface area contributed by atoms with Gasteiger partial charge in [-0.3, -0.25) is 19.5 Å². The van der Waals surface area contributed by atoms with Gasteiger partial charge >= 0.3 is 0 Å². The molecule has 0 N–H and O–H groups in total. The number of nitrogens with zero attached hydrogens (tertiary/aromatic N) is 5. The minimum absolute atomic E-state index is 0.0479. The Morgan fingerprint density at radius 2 is 1.86 bits per heavy atom. The maximum absolute atomic E-state index is 11.3. The molecule has 6 nitrogen and oxygen atoms in total. The minimum atomic E-state index is -0.0479. The third-order valence-corrected chi connectivity index (χ3v) is 4.93. The van der Waals surface area contributed by atoms with Crippen molar-refractivity contribution in [3.05, 3.63) is 28.2 Å². The number of hydrogen-bond acceptors (Lipinski definition) is 5. The highest BCUT2D eigenvalue weighted by Crippen LogP contribution is 2.19. The standard InChI is InChI=1S/C16H27N5O/c1-13(2)20-6-8-21(9-7-20)15-11-19(12-15)10-14-4-5-16(22)18(3)17-14/h4-5,13,15H,6-12H2,1-3H3. The molecule has 2 fully saturated rings. The molecule has 0 aliphatic carbocycles. The van der Waals surface area contributed by atoms with Crippen molar-refractivity contribution in [1.82, 2.24) is 24.5 Å². The van der Waals surface area contributed by atoms with Gasteiger partial charge in [-0.05, 0) is 19.9 Å². The summed E-state index contributed by atoms with van der Waals surface area (Å²) < 4.78 is 1.41. The molecule has 0 atom stereocenters. The molecule has 2 saturated heterocycles. The van der Waals surface area contributed by atoms with E-state index in [0.717, 1.165) is 25.3 Å². The zero-order valence-corrected chi connectivity index (χ0v) is 13.9. The second-order valence-electron chi connectivity index (χ2n) is 6.80. The average molecular weight is 305 g/mol. The molecule has 0 radical (unpaired) electrons. The molecule has 0 unspecified atom stereocenters. The van der Waals surface area contributed by atoms with Crippen LogP contribution in [-0.2, 0) is 13.6 Å². The Morgan fingerprint density at radius 3 is 2.45 bits per heavy atom. The molecule has 6 heteroatoms. The zero-order chi connectivity index (χ0) is 15.7. The Morgan fingerprint density at radius 1 is 1.18 bits per heavy atom. The highest BCUT2D eigenvalue weighted by atomic mass is 16.1. The first-order valence-corrected chi connectivity index (χ1v) is 8.26. The third kappa shape index (κ3) is 3.39. The summed E-state index contributed by atoms with van der Waals surface area (Å²) in [5.41, 5.74) is 0.929. The van der Waals surface area contributed by atoms with Gasteiger partial charge in [0.15, 0.2) is 0 Å². The summed E-state index contributed by atoms with van der Waals surface area (Å²) in [5.74, 6) is 0. The second-order valence-corrected chi connectivity index (χ2v) is 6.80. The van der Waals surface area contributed by atoms with Crippen molar-refractivity contribution in [3.63, 3.8) is 0 Å². The van der Waals surface area contributed by atoms with Crippen LogP contribution in [0, 0.1) is 0 Å². The van der Waals surface area contributed by atoms with Gasteiger partial charge in [-0.1, -0.05) is 0 Å². The number of likely N-dealkylation sites (tertiary alicyclic amines) is 1. The zero-order valence-electron chi connectivity index (χ0n) is 13.9. The van der Waals surface area contributed by atoms with Crippen LogP contribution in [0.5, 0.6) is 0 Å². The predicted molar refractivity (Wildman–Crippen MR) is 86.8 cm³/mol. The predicted octanol–water partition coefficient (Wildman–Crippen LogP) is -0.00950. The Kier molecular flexibility index (Phi) is 4.61. The molecular weight excluding hydrogens is 278 g/mol. The molecule has 3 rings (SSSR count). The van der Waals surface area contributed by atoms with E-state index in [2.05, 4.69) is 33.6 Å². The van der Waals surface area contributed by atoms with Crippen LogP contribution in [0.3, 0.4) is 0 Å². The van der Waals surface area contributed by atoms with E-state index < -0.39 is 0 Å². The van der Waals surface area contributed by atoms with E-state index >= 15 is 0 Å². The fourth-order valence-electron chi connectivity index (χ4n) is 3.39. The first-order valence-electron chi connectivity index (χ1n) is 8.26. The normalized spacial score (nSPS) is 22.2. The Balaban J connectivity index is 1.44. The van der Waals surface area contributed by atoms with Gasteiger partial charge in [0.1, 0.15) is 0 Å². The number of aromatic nitrogens is 2. The summed E-state index contributed by atoms with van der Waals surface area (Å²) >= 11 is 0. The summed E-state index contributed by atoms with van der Waals surface area (Å²) in [6.45, 7) is 12.4. The van der Waals surface area contributed by atoms with Crippen LogP contribution in [-0.4, -0.2) is 75.8 Å². The second kappa shape index (κ2) is 6.48. The van der Waals surface area contributed by atoms with E-state index in [0.29, 0.717) is 12.1 Å². The van der Waals surface area contributed by atoms with Gasteiger partial charge in [0.25, 0.3) is 5.56 Å². The van der Waals surface area contributed by atoms with Crippen LogP contribution < -0.4 is 5.56 Å². The topological polar surface area (TPSA) is 44.6 Å². The molecule has 122 valence electrons. The highest BCUT2D eigenvalue weighted by Gasteiger charge is 2.33. The van der Waals surface area contributed by atoms with Crippen LogP contribution in [0.4, 0.5) is 0 Å². The van der Waals surface area contributed by atoms with Crippen molar-refractivity contribution in [1.29, 1.82) is 0 Å². The van der Waals surface area contributed by atoms with Crippen molar-refractivity contribution in [2.24, 2.45) is 7.05 Å². The lowest BCUT2D eigenvalue weighted by Gasteiger charge is -2.48. The minimum Gasteiger partial charge on any atom is -0.298 e. The molecule has 0 saturated carbocycles. The van der Waals surface area contributed by atoms with E-state index in [9.17, 15) is 4.79 Å². The summed E-state index contributed by atoms with van der Waals surface area (Å²) in [6, 6.07) is 4.81. The molecule has 3 heterocycles. The lowest BCUT2D eigenvalue weighted by molar-refractivity contribution is -0.00480. The van der Waals surface area contributed by atoms with Gasteiger partial charge in [0.05, 0.1) is 5.69 Å². The van der Waals surface area contributed by atoms with E-state index in [1.807, 2.05) is 6.07 Å². The van der Waals surface area contributed by atoms with Crippen molar-refractivity contribution in [2.75, 3.05) is 39.3 Å². The third-order valence-electron chi connectivity index (χ3n) is 4.93. The van der Waals surface area contributed by atoms with Crippen LogP contribution in [0.2, 0.25) is 0 Å². The van der Waals surface area contributed by atoms with Gasteiger partial charge in [-0.25, -0.2) is 4.68 Å². The maximum Gasteiger partial charge on any atom is 0.266 e. The molecule has 2 aliphatic heterocycles.